The fraction of sp³-hybridized carbons (Fsp3) is 0.385. The molecule has 1 heterocycles. The Hall–Kier alpha value is -0.940. The lowest BCUT2D eigenvalue weighted by molar-refractivity contribution is 0.0912. The van der Waals surface area contributed by atoms with Crippen LogP contribution in [0, 0.1) is 0 Å². The molecule has 3 nitrogen and oxygen atoms in total. The van der Waals surface area contributed by atoms with Crippen LogP contribution in [0.2, 0.25) is 0 Å². The molecule has 4 heteroatoms. The van der Waals surface area contributed by atoms with Gasteiger partial charge in [-0.2, -0.15) is 0 Å². The van der Waals surface area contributed by atoms with Gasteiger partial charge in [0.05, 0.1) is 18.8 Å². The van der Waals surface area contributed by atoms with Gasteiger partial charge in [0.2, 0.25) is 0 Å². The molecule has 2 aromatic rings. The fourth-order valence-corrected chi connectivity index (χ4v) is 2.71. The summed E-state index contributed by atoms with van der Waals surface area (Å²) in [5.41, 5.74) is 0.843. The number of nitrogens with one attached hydrogen (secondary N) is 1. The lowest BCUT2D eigenvalue weighted by atomic mass is 10.0. The number of hydrogen-bond donors (Lipinski definition) is 3. The van der Waals surface area contributed by atoms with Crippen molar-refractivity contribution in [3.05, 3.63) is 35.2 Å². The van der Waals surface area contributed by atoms with E-state index in [1.165, 1.54) is 4.70 Å². The number of fused-ring (bicyclic) bond motifs is 1. The monoisotopic (exact) mass is 251 g/mol. The molecule has 0 radical (unpaired) electrons. The number of benzene rings is 1. The molecular formula is C13H17NO2S. The zero-order chi connectivity index (χ0) is 12.3. The van der Waals surface area contributed by atoms with Crippen LogP contribution < -0.4 is 5.32 Å². The summed E-state index contributed by atoms with van der Waals surface area (Å²) in [6.45, 7) is 2.61. The van der Waals surface area contributed by atoms with Gasteiger partial charge in [-0.1, -0.05) is 13.0 Å². The highest BCUT2D eigenvalue weighted by Gasteiger charge is 2.19. The molecule has 0 amide bonds. The summed E-state index contributed by atoms with van der Waals surface area (Å²) in [5.74, 6) is 0. The standard InChI is InChI=1S/C13H17NO2S/c1-2-14-11(8-15)13(16)10-3-4-12-9(7-10)5-6-17-12/h3-7,11,13-16H,2,8H2,1H3. The summed E-state index contributed by atoms with van der Waals surface area (Å²) in [5, 5.41) is 25.7. The first-order valence-corrected chi connectivity index (χ1v) is 6.63. The number of thiophene rings is 1. The lowest BCUT2D eigenvalue weighted by Gasteiger charge is -2.22. The second-order valence-electron chi connectivity index (χ2n) is 4.01. The van der Waals surface area contributed by atoms with Crippen LogP contribution in [0.3, 0.4) is 0 Å². The lowest BCUT2D eigenvalue weighted by Crippen LogP contribution is -2.37. The van der Waals surface area contributed by atoms with Crippen molar-refractivity contribution in [2.75, 3.05) is 13.2 Å². The van der Waals surface area contributed by atoms with Gasteiger partial charge in [0.1, 0.15) is 0 Å². The van der Waals surface area contributed by atoms with Gasteiger partial charge in [0, 0.05) is 4.70 Å². The summed E-state index contributed by atoms with van der Waals surface area (Å²) in [4.78, 5) is 0. The summed E-state index contributed by atoms with van der Waals surface area (Å²) in [6.07, 6.45) is -0.677. The average molecular weight is 251 g/mol. The van der Waals surface area contributed by atoms with Crippen LogP contribution in [0.4, 0.5) is 0 Å². The minimum Gasteiger partial charge on any atom is -0.395 e. The zero-order valence-electron chi connectivity index (χ0n) is 9.76. The third-order valence-corrected chi connectivity index (χ3v) is 3.76. The van der Waals surface area contributed by atoms with Crippen LogP contribution in [0.5, 0.6) is 0 Å². The summed E-state index contributed by atoms with van der Waals surface area (Å²) in [6, 6.07) is 7.65. The van der Waals surface area contributed by atoms with Gasteiger partial charge in [0.15, 0.2) is 0 Å². The molecule has 2 unspecified atom stereocenters. The average Bonchev–Trinajstić information content (AvgIpc) is 2.82. The van der Waals surface area contributed by atoms with Gasteiger partial charge in [-0.25, -0.2) is 0 Å². The number of hydrogen-bond acceptors (Lipinski definition) is 4. The number of likely N-dealkylation sites (N-methyl/N-ethyl adjacent to an activating group) is 1. The van der Waals surface area contributed by atoms with Gasteiger partial charge in [-0.3, -0.25) is 0 Å². The van der Waals surface area contributed by atoms with Crippen LogP contribution in [-0.2, 0) is 0 Å². The second-order valence-corrected chi connectivity index (χ2v) is 4.96. The summed E-state index contributed by atoms with van der Waals surface area (Å²) < 4.78 is 1.21. The van der Waals surface area contributed by atoms with Gasteiger partial charge >= 0.3 is 0 Å². The van der Waals surface area contributed by atoms with E-state index in [4.69, 9.17) is 0 Å². The molecule has 1 aromatic heterocycles. The minimum atomic E-state index is -0.677. The smallest absolute Gasteiger partial charge is 0.0965 e. The van der Waals surface area contributed by atoms with E-state index in [-0.39, 0.29) is 12.6 Å². The van der Waals surface area contributed by atoms with Crippen molar-refractivity contribution in [2.24, 2.45) is 0 Å². The Balaban J connectivity index is 2.24. The predicted octanol–water partition coefficient (Wildman–Crippen LogP) is 1.91. The number of aliphatic hydroxyl groups excluding tert-OH is 2. The van der Waals surface area contributed by atoms with Gasteiger partial charge in [0.25, 0.3) is 0 Å². The Bertz CT molecular complexity index is 483. The maximum Gasteiger partial charge on any atom is 0.0965 e. The molecule has 0 spiro atoms. The predicted molar refractivity (Wildman–Crippen MR) is 71.3 cm³/mol. The molecular weight excluding hydrogens is 234 g/mol. The third kappa shape index (κ3) is 2.66. The molecule has 0 saturated heterocycles. The molecule has 1 aromatic carbocycles. The van der Waals surface area contributed by atoms with E-state index in [9.17, 15) is 10.2 Å². The third-order valence-electron chi connectivity index (χ3n) is 2.86. The second kappa shape index (κ2) is 5.60. The van der Waals surface area contributed by atoms with Crippen LogP contribution in [0.15, 0.2) is 29.6 Å². The Morgan fingerprint density at radius 3 is 2.88 bits per heavy atom. The maximum absolute atomic E-state index is 10.2. The highest BCUT2D eigenvalue weighted by atomic mass is 32.1. The van der Waals surface area contributed by atoms with Crippen LogP contribution in [-0.4, -0.2) is 29.4 Å². The molecule has 3 N–H and O–H groups in total. The largest absolute Gasteiger partial charge is 0.395 e. The van der Waals surface area contributed by atoms with E-state index in [1.54, 1.807) is 11.3 Å². The molecule has 0 fully saturated rings. The summed E-state index contributed by atoms with van der Waals surface area (Å²) >= 11 is 1.69. The first kappa shape index (κ1) is 12.5. The van der Waals surface area contributed by atoms with Crippen molar-refractivity contribution >= 4 is 21.4 Å². The minimum absolute atomic E-state index is 0.0727. The Kier molecular flexibility index (Phi) is 4.12. The van der Waals surface area contributed by atoms with Crippen molar-refractivity contribution in [2.45, 2.75) is 19.1 Å². The topological polar surface area (TPSA) is 52.5 Å². The molecule has 92 valence electrons. The van der Waals surface area contributed by atoms with E-state index >= 15 is 0 Å². The van der Waals surface area contributed by atoms with E-state index in [2.05, 4.69) is 5.32 Å². The highest BCUT2D eigenvalue weighted by molar-refractivity contribution is 7.17. The normalized spacial score (nSPS) is 15.0. The molecule has 2 atom stereocenters. The molecule has 0 aliphatic carbocycles. The Labute approximate surface area is 105 Å². The van der Waals surface area contributed by atoms with Crippen LogP contribution >= 0.6 is 11.3 Å². The van der Waals surface area contributed by atoms with Gasteiger partial charge in [-0.05, 0) is 41.1 Å². The van der Waals surface area contributed by atoms with Crippen molar-refractivity contribution in [3.63, 3.8) is 0 Å². The van der Waals surface area contributed by atoms with Gasteiger partial charge < -0.3 is 15.5 Å². The molecule has 0 aliphatic rings. The Morgan fingerprint density at radius 1 is 1.35 bits per heavy atom. The first-order valence-electron chi connectivity index (χ1n) is 5.75. The van der Waals surface area contributed by atoms with Crippen molar-refractivity contribution in [3.8, 4) is 0 Å². The van der Waals surface area contributed by atoms with E-state index < -0.39 is 6.10 Å². The summed E-state index contributed by atoms with van der Waals surface area (Å²) in [7, 11) is 0. The first-order chi connectivity index (χ1) is 8.26. The van der Waals surface area contributed by atoms with Crippen LogP contribution in [0.1, 0.15) is 18.6 Å². The zero-order valence-corrected chi connectivity index (χ0v) is 10.6. The molecule has 2 rings (SSSR count). The van der Waals surface area contributed by atoms with E-state index in [0.717, 1.165) is 17.5 Å². The highest BCUT2D eigenvalue weighted by Crippen LogP contribution is 2.25. The van der Waals surface area contributed by atoms with Crippen molar-refractivity contribution < 1.29 is 10.2 Å². The van der Waals surface area contributed by atoms with Crippen molar-refractivity contribution in [1.82, 2.24) is 5.32 Å². The SMILES string of the molecule is CCNC(CO)C(O)c1ccc2sccc2c1. The quantitative estimate of drug-likeness (QED) is 0.761. The molecule has 0 bridgehead atoms. The van der Waals surface area contributed by atoms with Gasteiger partial charge in [-0.15, -0.1) is 11.3 Å². The maximum atomic E-state index is 10.2. The molecule has 0 aliphatic heterocycles. The van der Waals surface area contributed by atoms with Crippen molar-refractivity contribution in [1.29, 1.82) is 0 Å². The number of aliphatic hydroxyl groups is 2. The van der Waals surface area contributed by atoms with E-state index in [1.807, 2.05) is 36.6 Å². The van der Waals surface area contributed by atoms with Crippen LogP contribution in [0.25, 0.3) is 10.1 Å². The number of rotatable bonds is 5. The van der Waals surface area contributed by atoms with E-state index in [0.29, 0.717) is 0 Å². The fourth-order valence-electron chi connectivity index (χ4n) is 1.94. The Morgan fingerprint density at radius 2 is 2.18 bits per heavy atom. The molecule has 17 heavy (non-hydrogen) atoms. The molecule has 0 saturated carbocycles.